The number of carbonyl (C=O) groups is 1. The molecule has 112 valence electrons. The number of aryl methyl sites for hydroxylation is 1. The van der Waals surface area contributed by atoms with E-state index in [1.165, 1.54) is 17.5 Å². The monoisotopic (exact) mass is 297 g/mol. The fourth-order valence-electron chi connectivity index (χ4n) is 2.86. The molecule has 20 heavy (non-hydrogen) atoms. The molecule has 0 bridgehead atoms. The average Bonchev–Trinajstić information content (AvgIpc) is 2.44. The van der Waals surface area contributed by atoms with Crippen LogP contribution < -0.4 is 5.32 Å². The summed E-state index contributed by atoms with van der Waals surface area (Å²) in [6, 6.07) is 6.40. The number of methoxy groups -OCH3 is 1. The van der Waals surface area contributed by atoms with E-state index < -0.39 is 0 Å². The topological polar surface area (TPSA) is 38.3 Å². The summed E-state index contributed by atoms with van der Waals surface area (Å²) >= 11 is 0. The minimum absolute atomic E-state index is 0. The van der Waals surface area contributed by atoms with Crippen LogP contribution in [0.15, 0.2) is 18.2 Å². The molecule has 0 saturated heterocycles. The number of hydrogen-bond donors (Lipinski definition) is 1. The Bertz CT molecular complexity index is 448. The van der Waals surface area contributed by atoms with E-state index in [-0.39, 0.29) is 24.8 Å². The molecule has 0 saturated carbocycles. The maximum atomic E-state index is 12.2. The van der Waals surface area contributed by atoms with Crippen molar-refractivity contribution in [3.05, 3.63) is 34.9 Å². The van der Waals surface area contributed by atoms with Crippen molar-refractivity contribution in [3.63, 3.8) is 0 Å². The molecule has 1 aromatic carbocycles. The van der Waals surface area contributed by atoms with Crippen LogP contribution in [-0.4, -0.2) is 26.0 Å². The summed E-state index contributed by atoms with van der Waals surface area (Å²) in [4.78, 5) is 12.2. The summed E-state index contributed by atoms with van der Waals surface area (Å²) in [5.74, 6) is 0.0875. The summed E-state index contributed by atoms with van der Waals surface area (Å²) in [5, 5.41) is 3.57. The lowest BCUT2D eigenvalue weighted by molar-refractivity contribution is 0.0846. The van der Waals surface area contributed by atoms with Gasteiger partial charge in [-0.25, -0.2) is 0 Å². The molecule has 0 aromatic heterocycles. The van der Waals surface area contributed by atoms with Gasteiger partial charge in [0.05, 0.1) is 0 Å². The first kappa shape index (κ1) is 17.2. The first-order chi connectivity index (χ1) is 9.27. The smallest absolute Gasteiger partial charge is 0.188 e. The van der Waals surface area contributed by atoms with E-state index >= 15 is 0 Å². The Kier molecular flexibility index (Phi) is 7.20. The molecular weight excluding hydrogens is 274 g/mol. The third-order valence-corrected chi connectivity index (χ3v) is 3.70. The maximum absolute atomic E-state index is 12.2. The molecular formula is C16H24ClNO2. The Morgan fingerprint density at radius 3 is 2.95 bits per heavy atom. The molecule has 2 rings (SSSR count). The molecule has 1 aliphatic carbocycles. The van der Waals surface area contributed by atoms with Gasteiger partial charge in [0.25, 0.3) is 0 Å². The Hall–Kier alpha value is -0.900. The van der Waals surface area contributed by atoms with E-state index in [1.54, 1.807) is 7.11 Å². The fourth-order valence-corrected chi connectivity index (χ4v) is 2.86. The minimum Gasteiger partial charge on any atom is -0.377 e. The number of hydrogen-bond acceptors (Lipinski definition) is 3. The van der Waals surface area contributed by atoms with E-state index in [4.69, 9.17) is 4.74 Å². The third kappa shape index (κ3) is 3.81. The highest BCUT2D eigenvalue weighted by Crippen LogP contribution is 2.32. The second-order valence-electron chi connectivity index (χ2n) is 5.13. The summed E-state index contributed by atoms with van der Waals surface area (Å²) in [6.45, 7) is 3.33. The number of ether oxygens (including phenoxy) is 1. The highest BCUT2D eigenvalue weighted by Gasteiger charge is 2.24. The molecule has 4 heteroatoms. The molecule has 3 nitrogen and oxygen atoms in total. The van der Waals surface area contributed by atoms with Gasteiger partial charge in [-0.1, -0.05) is 25.1 Å². The number of benzene rings is 1. The van der Waals surface area contributed by atoms with Crippen LogP contribution in [0.1, 0.15) is 53.7 Å². The Labute approximate surface area is 127 Å². The van der Waals surface area contributed by atoms with Gasteiger partial charge in [-0.05, 0) is 43.4 Å². The Balaban J connectivity index is 0.00000200. The lowest BCUT2D eigenvalue weighted by atomic mass is 9.83. The molecule has 0 radical (unpaired) electrons. The van der Waals surface area contributed by atoms with Crippen LogP contribution in [0.5, 0.6) is 0 Å². The molecule has 0 spiro atoms. The molecule has 1 unspecified atom stereocenters. The summed E-state index contributed by atoms with van der Waals surface area (Å²) in [5.41, 5.74) is 3.37. The zero-order chi connectivity index (χ0) is 13.7. The van der Waals surface area contributed by atoms with Crippen LogP contribution >= 0.6 is 12.4 Å². The fraction of sp³-hybridized carbons (Fsp3) is 0.562. The van der Waals surface area contributed by atoms with Crippen molar-refractivity contribution in [2.75, 3.05) is 20.3 Å². The largest absolute Gasteiger partial charge is 0.377 e. The van der Waals surface area contributed by atoms with Crippen molar-refractivity contribution in [3.8, 4) is 0 Å². The van der Waals surface area contributed by atoms with E-state index in [9.17, 15) is 4.79 Å². The Morgan fingerprint density at radius 2 is 2.25 bits per heavy atom. The predicted molar refractivity (Wildman–Crippen MR) is 83.9 cm³/mol. The maximum Gasteiger partial charge on any atom is 0.188 e. The number of rotatable bonds is 6. The van der Waals surface area contributed by atoms with Crippen LogP contribution in [0, 0.1) is 0 Å². The molecule has 0 aliphatic heterocycles. The highest BCUT2D eigenvalue weighted by molar-refractivity contribution is 5.99. The molecule has 1 aromatic rings. The van der Waals surface area contributed by atoms with Gasteiger partial charge in [0, 0.05) is 18.7 Å². The quantitative estimate of drug-likeness (QED) is 0.819. The lowest BCUT2D eigenvalue weighted by Gasteiger charge is -2.28. The van der Waals surface area contributed by atoms with E-state index in [2.05, 4.69) is 18.3 Å². The minimum atomic E-state index is 0. The SMILES string of the molecule is CCCNC1CCCc2cccc(C(=O)COC)c21.Cl. The van der Waals surface area contributed by atoms with Gasteiger partial charge in [0.15, 0.2) is 5.78 Å². The van der Waals surface area contributed by atoms with Crippen molar-refractivity contribution >= 4 is 18.2 Å². The number of nitrogens with one attached hydrogen (secondary N) is 1. The number of fused-ring (bicyclic) bond motifs is 1. The molecule has 0 heterocycles. The van der Waals surface area contributed by atoms with Gasteiger partial charge in [-0.3, -0.25) is 4.79 Å². The van der Waals surface area contributed by atoms with Crippen molar-refractivity contribution in [1.82, 2.24) is 5.32 Å². The van der Waals surface area contributed by atoms with Gasteiger partial charge in [-0.15, -0.1) is 12.4 Å². The average molecular weight is 298 g/mol. The van der Waals surface area contributed by atoms with E-state index in [1.807, 2.05) is 12.1 Å². The van der Waals surface area contributed by atoms with Gasteiger partial charge in [0.1, 0.15) is 6.61 Å². The first-order valence-electron chi connectivity index (χ1n) is 7.15. The van der Waals surface area contributed by atoms with Gasteiger partial charge < -0.3 is 10.1 Å². The summed E-state index contributed by atoms with van der Waals surface area (Å²) < 4.78 is 5.00. The van der Waals surface area contributed by atoms with Crippen molar-refractivity contribution < 1.29 is 9.53 Å². The second kappa shape index (κ2) is 8.40. The predicted octanol–water partition coefficient (Wildman–Crippen LogP) is 3.31. The molecule has 0 amide bonds. The van der Waals surface area contributed by atoms with Crippen molar-refractivity contribution in [1.29, 1.82) is 0 Å². The van der Waals surface area contributed by atoms with Gasteiger partial charge in [-0.2, -0.15) is 0 Å². The lowest BCUT2D eigenvalue weighted by Crippen LogP contribution is -2.28. The van der Waals surface area contributed by atoms with Crippen LogP contribution in [0.2, 0.25) is 0 Å². The second-order valence-corrected chi connectivity index (χ2v) is 5.13. The zero-order valence-electron chi connectivity index (χ0n) is 12.3. The Morgan fingerprint density at radius 1 is 1.45 bits per heavy atom. The number of halogens is 1. The standard InChI is InChI=1S/C16H23NO2.ClH/c1-3-10-17-14-9-5-7-12-6-4-8-13(16(12)14)15(18)11-19-2;/h4,6,8,14,17H,3,5,7,9-11H2,1-2H3;1H. The molecule has 1 N–H and O–H groups in total. The van der Waals surface area contributed by atoms with Gasteiger partial charge >= 0.3 is 0 Å². The van der Waals surface area contributed by atoms with Crippen LogP contribution in [-0.2, 0) is 11.2 Å². The van der Waals surface area contributed by atoms with E-state index in [0.29, 0.717) is 6.04 Å². The molecule has 0 fully saturated rings. The van der Waals surface area contributed by atoms with E-state index in [0.717, 1.165) is 31.4 Å². The molecule has 1 aliphatic rings. The van der Waals surface area contributed by atoms with Crippen LogP contribution in [0.3, 0.4) is 0 Å². The van der Waals surface area contributed by atoms with Crippen molar-refractivity contribution in [2.24, 2.45) is 0 Å². The number of carbonyl (C=O) groups excluding carboxylic acids is 1. The zero-order valence-corrected chi connectivity index (χ0v) is 13.1. The van der Waals surface area contributed by atoms with Crippen LogP contribution in [0.4, 0.5) is 0 Å². The first-order valence-corrected chi connectivity index (χ1v) is 7.15. The number of ketones is 1. The molecule has 1 atom stereocenters. The summed E-state index contributed by atoms with van der Waals surface area (Å²) in [6.07, 6.45) is 4.49. The third-order valence-electron chi connectivity index (χ3n) is 3.70. The van der Waals surface area contributed by atoms with Gasteiger partial charge in [0.2, 0.25) is 0 Å². The van der Waals surface area contributed by atoms with Crippen molar-refractivity contribution in [2.45, 2.75) is 38.6 Å². The summed E-state index contributed by atoms with van der Waals surface area (Å²) in [7, 11) is 1.57. The normalized spacial score (nSPS) is 17.2. The highest BCUT2D eigenvalue weighted by atomic mass is 35.5. The number of Topliss-reactive ketones (excluding diaryl/α,β-unsaturated/α-hetero) is 1. The van der Waals surface area contributed by atoms with Crippen LogP contribution in [0.25, 0.3) is 0 Å².